The fraction of sp³-hybridized carbons (Fsp3) is 0.588. The van der Waals surface area contributed by atoms with Crippen molar-refractivity contribution < 1.29 is 4.79 Å². The molecule has 6 nitrogen and oxygen atoms in total. The number of nitrogens with zero attached hydrogens (tertiary/aromatic N) is 4. The number of likely N-dealkylation sites (tertiary alicyclic amines) is 1. The van der Waals surface area contributed by atoms with E-state index in [1.165, 1.54) is 0 Å². The number of hydrogen-bond acceptors (Lipinski definition) is 6. The van der Waals surface area contributed by atoms with E-state index in [-0.39, 0.29) is 18.3 Å². The Balaban J connectivity index is 0.00000182. The Morgan fingerprint density at radius 1 is 1.28 bits per heavy atom. The molecule has 2 N–H and O–H groups in total. The van der Waals surface area contributed by atoms with E-state index < -0.39 is 0 Å². The van der Waals surface area contributed by atoms with Crippen LogP contribution in [0.2, 0.25) is 0 Å². The van der Waals surface area contributed by atoms with Gasteiger partial charge in [-0.25, -0.2) is 9.97 Å². The third-order valence-corrected chi connectivity index (χ3v) is 6.06. The summed E-state index contributed by atoms with van der Waals surface area (Å²) in [6, 6.07) is 2.08. The van der Waals surface area contributed by atoms with Crippen molar-refractivity contribution in [2.45, 2.75) is 19.3 Å². The summed E-state index contributed by atoms with van der Waals surface area (Å²) in [6.45, 7) is 4.08. The Kier molecular flexibility index (Phi) is 5.76. The number of nitrogens with two attached hydrogens (primary N) is 1. The smallest absolute Gasteiger partial charge is 0.227 e. The number of fused-ring (bicyclic) bond motifs is 1. The van der Waals surface area contributed by atoms with Gasteiger partial charge in [-0.3, -0.25) is 4.79 Å². The Morgan fingerprint density at radius 2 is 2.16 bits per heavy atom. The highest BCUT2D eigenvalue weighted by atomic mass is 35.5. The summed E-state index contributed by atoms with van der Waals surface area (Å²) in [5, 5.41) is 3.15. The minimum absolute atomic E-state index is 0. The van der Waals surface area contributed by atoms with E-state index in [9.17, 15) is 4.79 Å². The number of carbonyl (C=O) groups excluding carboxylic acids is 1. The maximum Gasteiger partial charge on any atom is 0.227 e. The highest BCUT2D eigenvalue weighted by Gasteiger charge is 2.33. The lowest BCUT2D eigenvalue weighted by molar-refractivity contribution is -0.134. The average Bonchev–Trinajstić information content (AvgIpc) is 3.29. The molecule has 136 valence electrons. The molecule has 0 bridgehead atoms. The quantitative estimate of drug-likeness (QED) is 0.881. The van der Waals surface area contributed by atoms with Crippen molar-refractivity contribution in [2.75, 3.05) is 37.6 Å². The number of hydrogen-bond donors (Lipinski definition) is 1. The van der Waals surface area contributed by atoms with Crippen LogP contribution in [-0.4, -0.2) is 53.5 Å². The molecule has 2 fully saturated rings. The van der Waals surface area contributed by atoms with Crippen molar-refractivity contribution in [1.82, 2.24) is 14.9 Å². The zero-order valence-corrected chi connectivity index (χ0v) is 15.8. The van der Waals surface area contributed by atoms with Crippen LogP contribution in [0.5, 0.6) is 0 Å². The molecule has 4 heterocycles. The molecule has 0 radical (unpaired) electrons. The second-order valence-electron chi connectivity index (χ2n) is 6.80. The summed E-state index contributed by atoms with van der Waals surface area (Å²) in [7, 11) is 0. The van der Waals surface area contributed by atoms with Crippen LogP contribution >= 0.6 is 23.7 Å². The molecule has 0 spiro atoms. The van der Waals surface area contributed by atoms with Gasteiger partial charge < -0.3 is 15.5 Å². The largest absolute Gasteiger partial charge is 0.355 e. The molecule has 4 rings (SSSR count). The second-order valence-corrected chi connectivity index (χ2v) is 7.69. The first-order chi connectivity index (χ1) is 11.8. The van der Waals surface area contributed by atoms with Gasteiger partial charge in [0.25, 0.3) is 0 Å². The molecule has 0 aliphatic carbocycles. The molecule has 2 unspecified atom stereocenters. The van der Waals surface area contributed by atoms with Crippen LogP contribution in [0.25, 0.3) is 10.2 Å². The molecule has 8 heteroatoms. The minimum atomic E-state index is 0. The number of anilines is 1. The van der Waals surface area contributed by atoms with E-state index in [0.717, 1.165) is 61.5 Å². The third-order valence-electron chi connectivity index (χ3n) is 5.24. The molecule has 0 aromatic carbocycles. The first-order valence-corrected chi connectivity index (χ1v) is 9.56. The van der Waals surface area contributed by atoms with Gasteiger partial charge in [0.2, 0.25) is 5.91 Å². The predicted octanol–water partition coefficient (Wildman–Crippen LogP) is 2.14. The van der Waals surface area contributed by atoms with E-state index in [4.69, 9.17) is 5.73 Å². The topological polar surface area (TPSA) is 75.3 Å². The number of aromatic nitrogens is 2. The number of carbonyl (C=O) groups is 1. The Bertz CT molecular complexity index is 739. The van der Waals surface area contributed by atoms with Gasteiger partial charge in [-0.15, -0.1) is 23.7 Å². The lowest BCUT2D eigenvalue weighted by atomic mass is 9.96. The van der Waals surface area contributed by atoms with Crippen molar-refractivity contribution in [3.8, 4) is 0 Å². The second kappa shape index (κ2) is 7.85. The van der Waals surface area contributed by atoms with E-state index in [0.29, 0.717) is 18.4 Å². The first kappa shape index (κ1) is 18.4. The standard InChI is InChI=1S/C17H23N5OS.ClH/c18-8-12-3-6-22(9-12)17(23)13-2-1-5-21(10-13)15-14-4-7-24-16(14)20-11-19-15;/h4,7,11-13H,1-3,5-6,8-10,18H2;1H. The minimum Gasteiger partial charge on any atom is -0.355 e. The first-order valence-electron chi connectivity index (χ1n) is 8.68. The van der Waals surface area contributed by atoms with Crippen molar-refractivity contribution in [2.24, 2.45) is 17.6 Å². The van der Waals surface area contributed by atoms with Gasteiger partial charge in [0.1, 0.15) is 17.0 Å². The van der Waals surface area contributed by atoms with Crippen molar-refractivity contribution >= 4 is 45.7 Å². The van der Waals surface area contributed by atoms with Gasteiger partial charge >= 0.3 is 0 Å². The van der Waals surface area contributed by atoms with Crippen LogP contribution in [0.4, 0.5) is 5.82 Å². The van der Waals surface area contributed by atoms with Crippen LogP contribution in [0.3, 0.4) is 0 Å². The van der Waals surface area contributed by atoms with E-state index in [2.05, 4.69) is 20.9 Å². The van der Waals surface area contributed by atoms with Crippen LogP contribution in [0.15, 0.2) is 17.8 Å². The molecular weight excluding hydrogens is 358 g/mol. The molecule has 2 aromatic heterocycles. The lowest BCUT2D eigenvalue weighted by Crippen LogP contribution is -2.44. The van der Waals surface area contributed by atoms with E-state index >= 15 is 0 Å². The lowest BCUT2D eigenvalue weighted by Gasteiger charge is -2.34. The Morgan fingerprint density at radius 3 is 2.96 bits per heavy atom. The fourth-order valence-corrected chi connectivity index (χ4v) is 4.61. The molecule has 2 saturated heterocycles. The average molecular weight is 382 g/mol. The third kappa shape index (κ3) is 3.59. The van der Waals surface area contributed by atoms with Crippen molar-refractivity contribution in [3.63, 3.8) is 0 Å². The molecule has 0 saturated carbocycles. The van der Waals surface area contributed by atoms with Gasteiger partial charge in [0.15, 0.2) is 0 Å². The molecule has 2 aliphatic heterocycles. The monoisotopic (exact) mass is 381 g/mol. The fourth-order valence-electron chi connectivity index (χ4n) is 3.88. The van der Waals surface area contributed by atoms with Crippen LogP contribution in [0.1, 0.15) is 19.3 Å². The molecule has 25 heavy (non-hydrogen) atoms. The Labute approximate surface area is 157 Å². The summed E-state index contributed by atoms with van der Waals surface area (Å²) >= 11 is 1.63. The Hall–Kier alpha value is -1.44. The van der Waals surface area contributed by atoms with Crippen molar-refractivity contribution in [3.05, 3.63) is 17.8 Å². The number of amides is 1. The van der Waals surface area contributed by atoms with Gasteiger partial charge in [-0.1, -0.05) is 0 Å². The zero-order valence-electron chi connectivity index (χ0n) is 14.1. The highest BCUT2D eigenvalue weighted by molar-refractivity contribution is 7.16. The molecular formula is C17H24ClN5OS. The van der Waals surface area contributed by atoms with Crippen LogP contribution < -0.4 is 10.6 Å². The summed E-state index contributed by atoms with van der Waals surface area (Å²) in [5.41, 5.74) is 5.76. The summed E-state index contributed by atoms with van der Waals surface area (Å²) < 4.78 is 0. The predicted molar refractivity (Wildman–Crippen MR) is 103 cm³/mol. The molecule has 2 aromatic rings. The molecule has 1 amide bonds. The number of rotatable bonds is 3. The molecule has 2 atom stereocenters. The SMILES string of the molecule is Cl.NCC1CCN(C(=O)C2CCCN(c3ncnc4sccc34)C2)C1. The van der Waals surface area contributed by atoms with Crippen LogP contribution in [-0.2, 0) is 4.79 Å². The maximum atomic E-state index is 12.9. The summed E-state index contributed by atoms with van der Waals surface area (Å²) in [4.78, 5) is 27.0. The number of thiophene rings is 1. The van der Waals surface area contributed by atoms with Gasteiger partial charge in [-0.2, -0.15) is 0 Å². The molecule has 2 aliphatic rings. The maximum absolute atomic E-state index is 12.9. The van der Waals surface area contributed by atoms with Gasteiger partial charge in [0.05, 0.1) is 11.3 Å². The highest BCUT2D eigenvalue weighted by Crippen LogP contribution is 2.31. The van der Waals surface area contributed by atoms with Crippen molar-refractivity contribution in [1.29, 1.82) is 0 Å². The number of halogens is 1. The normalized spacial score (nSPS) is 23.7. The van der Waals surface area contributed by atoms with Crippen LogP contribution in [0, 0.1) is 11.8 Å². The van der Waals surface area contributed by atoms with E-state index in [1.807, 2.05) is 10.3 Å². The summed E-state index contributed by atoms with van der Waals surface area (Å²) in [5.74, 6) is 1.81. The van der Waals surface area contributed by atoms with Gasteiger partial charge in [0, 0.05) is 26.2 Å². The summed E-state index contributed by atoms with van der Waals surface area (Å²) in [6.07, 6.45) is 4.67. The van der Waals surface area contributed by atoms with Gasteiger partial charge in [-0.05, 0) is 43.2 Å². The zero-order chi connectivity index (χ0) is 16.5. The number of piperidine rings is 1. The van der Waals surface area contributed by atoms with E-state index in [1.54, 1.807) is 17.7 Å².